The number of rotatable bonds is 4. The summed E-state index contributed by atoms with van der Waals surface area (Å²) in [6.07, 6.45) is 4.03. The van der Waals surface area contributed by atoms with Crippen LogP contribution in [0.4, 0.5) is 5.69 Å². The van der Waals surface area contributed by atoms with Gasteiger partial charge >= 0.3 is 0 Å². The maximum absolute atomic E-state index is 12.6. The van der Waals surface area contributed by atoms with Gasteiger partial charge in [0.2, 0.25) is 5.69 Å². The van der Waals surface area contributed by atoms with Crippen LogP contribution in [-0.2, 0) is 0 Å². The lowest BCUT2D eigenvalue weighted by molar-refractivity contribution is -0.384. The van der Waals surface area contributed by atoms with Gasteiger partial charge in [0.1, 0.15) is 12.2 Å². The smallest absolute Gasteiger partial charge is 0.269 e. The fraction of sp³-hybridized carbons (Fsp3) is 0.294. The van der Waals surface area contributed by atoms with E-state index < -0.39 is 4.92 Å². The van der Waals surface area contributed by atoms with E-state index in [9.17, 15) is 14.9 Å². The van der Waals surface area contributed by atoms with Crippen LogP contribution in [0.1, 0.15) is 28.9 Å². The van der Waals surface area contributed by atoms with Crippen molar-refractivity contribution in [3.63, 3.8) is 0 Å². The lowest BCUT2D eigenvalue weighted by atomic mass is 10.1. The molecule has 1 aliphatic rings. The molecule has 1 aromatic heterocycles. The van der Waals surface area contributed by atoms with Crippen LogP contribution in [0, 0.1) is 21.4 Å². The maximum Gasteiger partial charge on any atom is 0.269 e. The lowest BCUT2D eigenvalue weighted by Gasteiger charge is -2.32. The zero-order valence-corrected chi connectivity index (χ0v) is 13.7. The van der Waals surface area contributed by atoms with Crippen molar-refractivity contribution in [1.82, 2.24) is 14.9 Å². The number of hydrogen-bond donors (Lipinski definition) is 0. The van der Waals surface area contributed by atoms with Crippen molar-refractivity contribution in [3.8, 4) is 11.9 Å². The van der Waals surface area contributed by atoms with Crippen molar-refractivity contribution in [1.29, 1.82) is 5.26 Å². The average molecular weight is 353 g/mol. The molecule has 0 radical (unpaired) electrons. The quantitative estimate of drug-likeness (QED) is 0.608. The number of amides is 1. The summed E-state index contributed by atoms with van der Waals surface area (Å²) in [5.41, 5.74) is 0.424. The van der Waals surface area contributed by atoms with Gasteiger partial charge in [-0.1, -0.05) is 0 Å². The fourth-order valence-electron chi connectivity index (χ4n) is 2.77. The summed E-state index contributed by atoms with van der Waals surface area (Å²) in [6.45, 7) is 0.915. The average Bonchev–Trinajstić information content (AvgIpc) is 2.68. The second-order valence-electron chi connectivity index (χ2n) is 5.76. The van der Waals surface area contributed by atoms with E-state index >= 15 is 0 Å². The first kappa shape index (κ1) is 17.3. The van der Waals surface area contributed by atoms with Crippen LogP contribution in [0.3, 0.4) is 0 Å². The predicted molar refractivity (Wildman–Crippen MR) is 89.4 cm³/mol. The van der Waals surface area contributed by atoms with Gasteiger partial charge in [-0.3, -0.25) is 14.9 Å². The number of carbonyl (C=O) groups is 1. The summed E-state index contributed by atoms with van der Waals surface area (Å²) in [4.78, 5) is 32.4. The summed E-state index contributed by atoms with van der Waals surface area (Å²) in [5.74, 6) is -0.0579. The minimum atomic E-state index is -0.507. The first-order valence-corrected chi connectivity index (χ1v) is 8.00. The van der Waals surface area contributed by atoms with Gasteiger partial charge in [-0.2, -0.15) is 5.26 Å². The number of nitro benzene ring substituents is 1. The van der Waals surface area contributed by atoms with E-state index in [-0.39, 0.29) is 29.3 Å². The van der Waals surface area contributed by atoms with Crippen LogP contribution >= 0.6 is 0 Å². The number of hydrogen-bond acceptors (Lipinski definition) is 7. The SMILES string of the molecule is N#Cc1nccnc1OC1CCCN(C(=O)c2ccc([N+](=O)[O-])cc2)C1. The van der Waals surface area contributed by atoms with Crippen molar-refractivity contribution < 1.29 is 14.5 Å². The zero-order valence-electron chi connectivity index (χ0n) is 13.7. The van der Waals surface area contributed by atoms with E-state index in [1.165, 1.54) is 36.7 Å². The number of nitrogens with zero attached hydrogens (tertiary/aromatic N) is 5. The molecule has 1 atom stereocenters. The van der Waals surface area contributed by atoms with Gasteiger partial charge in [-0.25, -0.2) is 9.97 Å². The Morgan fingerprint density at radius 2 is 2.04 bits per heavy atom. The lowest BCUT2D eigenvalue weighted by Crippen LogP contribution is -2.44. The molecular formula is C17H15N5O4. The molecule has 132 valence electrons. The Morgan fingerprint density at radius 1 is 1.31 bits per heavy atom. The molecule has 0 aliphatic carbocycles. The Balaban J connectivity index is 1.69. The van der Waals surface area contributed by atoms with E-state index in [4.69, 9.17) is 10.00 Å². The molecule has 2 aromatic rings. The van der Waals surface area contributed by atoms with Crippen molar-refractivity contribution in [2.24, 2.45) is 0 Å². The Morgan fingerprint density at radius 3 is 2.73 bits per heavy atom. The number of carbonyl (C=O) groups excluding carboxylic acids is 1. The van der Waals surface area contributed by atoms with Gasteiger partial charge in [0.05, 0.1) is 11.5 Å². The number of ether oxygens (including phenoxy) is 1. The molecule has 1 aliphatic heterocycles. The Hall–Kier alpha value is -3.54. The van der Waals surface area contributed by atoms with Crippen LogP contribution < -0.4 is 4.74 Å². The molecule has 0 saturated carbocycles. The van der Waals surface area contributed by atoms with Crippen molar-refractivity contribution in [3.05, 3.63) is 58.0 Å². The van der Waals surface area contributed by atoms with Crippen LogP contribution in [0.15, 0.2) is 36.7 Å². The molecule has 2 heterocycles. The molecule has 1 unspecified atom stereocenters. The standard InChI is InChI=1S/C17H15N5O4/c18-10-15-16(20-8-7-19-15)26-14-2-1-9-21(11-14)17(23)12-3-5-13(6-4-12)22(24)25/h3-8,14H,1-2,9,11H2. The third-order valence-electron chi connectivity index (χ3n) is 4.04. The van der Waals surface area contributed by atoms with E-state index in [0.717, 1.165) is 12.8 Å². The topological polar surface area (TPSA) is 122 Å². The molecular weight excluding hydrogens is 338 g/mol. The number of benzene rings is 1. The number of nitriles is 1. The molecule has 9 nitrogen and oxygen atoms in total. The highest BCUT2D eigenvalue weighted by Crippen LogP contribution is 2.21. The highest BCUT2D eigenvalue weighted by Gasteiger charge is 2.27. The normalized spacial score (nSPS) is 16.6. The van der Waals surface area contributed by atoms with E-state index in [0.29, 0.717) is 18.7 Å². The van der Waals surface area contributed by atoms with Crippen LogP contribution in [0.25, 0.3) is 0 Å². The first-order chi connectivity index (χ1) is 12.6. The van der Waals surface area contributed by atoms with Gasteiger partial charge in [0, 0.05) is 36.6 Å². The molecule has 9 heteroatoms. The van der Waals surface area contributed by atoms with Crippen molar-refractivity contribution in [2.45, 2.75) is 18.9 Å². The van der Waals surface area contributed by atoms with Gasteiger partial charge in [0.25, 0.3) is 17.5 Å². The zero-order chi connectivity index (χ0) is 18.5. The largest absolute Gasteiger partial charge is 0.470 e. The number of nitro groups is 1. The summed E-state index contributed by atoms with van der Waals surface area (Å²) in [7, 11) is 0. The minimum absolute atomic E-state index is 0.0620. The summed E-state index contributed by atoms with van der Waals surface area (Å²) in [5, 5.41) is 19.8. The monoisotopic (exact) mass is 353 g/mol. The van der Waals surface area contributed by atoms with Gasteiger partial charge in [-0.05, 0) is 25.0 Å². The van der Waals surface area contributed by atoms with Crippen LogP contribution in [-0.4, -0.2) is 44.9 Å². The summed E-state index contributed by atoms with van der Waals surface area (Å²) < 4.78 is 5.76. The number of non-ortho nitro benzene ring substituents is 1. The van der Waals surface area contributed by atoms with Crippen LogP contribution in [0.2, 0.25) is 0 Å². The molecule has 0 bridgehead atoms. The second-order valence-corrected chi connectivity index (χ2v) is 5.76. The Labute approximate surface area is 149 Å². The third kappa shape index (κ3) is 3.75. The maximum atomic E-state index is 12.6. The number of aromatic nitrogens is 2. The molecule has 26 heavy (non-hydrogen) atoms. The fourth-order valence-corrected chi connectivity index (χ4v) is 2.77. The van der Waals surface area contributed by atoms with Crippen LogP contribution in [0.5, 0.6) is 5.88 Å². The molecule has 1 amide bonds. The van der Waals surface area contributed by atoms with E-state index in [1.807, 2.05) is 6.07 Å². The Bertz CT molecular complexity index is 862. The third-order valence-corrected chi connectivity index (χ3v) is 4.04. The summed E-state index contributed by atoms with van der Waals surface area (Å²) in [6, 6.07) is 7.44. The van der Waals surface area contributed by atoms with E-state index in [2.05, 4.69) is 9.97 Å². The van der Waals surface area contributed by atoms with Gasteiger partial charge in [0.15, 0.2) is 0 Å². The molecule has 1 fully saturated rings. The summed E-state index contributed by atoms with van der Waals surface area (Å²) >= 11 is 0. The molecule has 1 saturated heterocycles. The molecule has 3 rings (SSSR count). The van der Waals surface area contributed by atoms with Gasteiger partial charge < -0.3 is 9.64 Å². The second kappa shape index (κ2) is 7.57. The minimum Gasteiger partial charge on any atom is -0.470 e. The Kier molecular flexibility index (Phi) is 5.03. The molecule has 0 N–H and O–H groups in total. The van der Waals surface area contributed by atoms with Gasteiger partial charge in [-0.15, -0.1) is 0 Å². The number of piperidine rings is 1. The molecule has 1 aromatic carbocycles. The van der Waals surface area contributed by atoms with Crippen molar-refractivity contribution >= 4 is 11.6 Å². The first-order valence-electron chi connectivity index (χ1n) is 8.00. The molecule has 0 spiro atoms. The van der Waals surface area contributed by atoms with Crippen molar-refractivity contribution in [2.75, 3.05) is 13.1 Å². The highest BCUT2D eigenvalue weighted by molar-refractivity contribution is 5.94. The highest BCUT2D eigenvalue weighted by atomic mass is 16.6. The number of likely N-dealkylation sites (tertiary alicyclic amines) is 1. The van der Waals surface area contributed by atoms with E-state index in [1.54, 1.807) is 4.90 Å². The predicted octanol–water partition coefficient (Wildman–Crippen LogP) is 1.94.